The van der Waals surface area contributed by atoms with Gasteiger partial charge in [-0.05, 0) is 18.9 Å². The van der Waals surface area contributed by atoms with Gasteiger partial charge in [0.1, 0.15) is 0 Å². The van der Waals surface area contributed by atoms with Crippen molar-refractivity contribution in [1.82, 2.24) is 0 Å². The van der Waals surface area contributed by atoms with Crippen LogP contribution in [0.25, 0.3) is 0 Å². The monoisotopic (exact) mass is 222 g/mol. The van der Waals surface area contributed by atoms with Gasteiger partial charge in [-0.15, -0.1) is 0 Å². The zero-order valence-electron chi connectivity index (χ0n) is 9.91. The third kappa shape index (κ3) is 3.33. The van der Waals surface area contributed by atoms with Gasteiger partial charge in [-0.25, -0.2) is 0 Å². The first-order chi connectivity index (χ1) is 7.69. The Morgan fingerprint density at radius 2 is 1.81 bits per heavy atom. The van der Waals surface area contributed by atoms with E-state index in [0.717, 1.165) is 12.8 Å². The molecule has 3 nitrogen and oxygen atoms in total. The Kier molecular flexibility index (Phi) is 4.96. The quantitative estimate of drug-likeness (QED) is 0.512. The van der Waals surface area contributed by atoms with E-state index in [1.54, 1.807) is 0 Å². The number of methoxy groups -OCH3 is 1. The summed E-state index contributed by atoms with van der Waals surface area (Å²) >= 11 is 0. The summed E-state index contributed by atoms with van der Waals surface area (Å²) in [6.45, 7) is 2.14. The predicted octanol–water partition coefficient (Wildman–Crippen LogP) is 2.57. The maximum absolute atomic E-state index is 11.6. The highest BCUT2D eigenvalue weighted by atomic mass is 16.5. The van der Waals surface area contributed by atoms with Crippen LogP contribution in [0.4, 0.5) is 0 Å². The molecule has 0 N–H and O–H groups in total. The van der Waals surface area contributed by atoms with Crippen LogP contribution in [-0.2, 0) is 14.3 Å². The minimum Gasteiger partial charge on any atom is -0.493 e. The normalized spacial score (nSPS) is 15.9. The van der Waals surface area contributed by atoms with Crippen molar-refractivity contribution in [2.45, 2.75) is 39.0 Å². The van der Waals surface area contributed by atoms with Crippen LogP contribution in [0.2, 0.25) is 0 Å². The van der Waals surface area contributed by atoms with E-state index in [0.29, 0.717) is 12.0 Å². The number of hydrogen-bond donors (Lipinski definition) is 0. The highest BCUT2D eigenvalue weighted by Gasteiger charge is 2.19. The van der Waals surface area contributed by atoms with E-state index in [4.69, 9.17) is 4.74 Å². The summed E-state index contributed by atoms with van der Waals surface area (Å²) in [6, 6.07) is 0. The van der Waals surface area contributed by atoms with Crippen molar-refractivity contribution in [2.75, 3.05) is 7.11 Å². The van der Waals surface area contributed by atoms with Gasteiger partial charge in [-0.2, -0.15) is 0 Å². The van der Waals surface area contributed by atoms with E-state index in [-0.39, 0.29) is 17.3 Å². The highest BCUT2D eigenvalue weighted by molar-refractivity contribution is 6.19. The Labute approximate surface area is 96.2 Å². The summed E-state index contributed by atoms with van der Waals surface area (Å²) in [7, 11) is 1.40. The van der Waals surface area contributed by atoms with Crippen molar-refractivity contribution in [3.05, 3.63) is 23.5 Å². The molecule has 3 heteroatoms. The lowest BCUT2D eigenvalue weighted by Crippen LogP contribution is -2.14. The molecule has 1 rings (SSSR count). The average Bonchev–Trinajstić information content (AvgIpc) is 2.28. The number of allylic oxidation sites excluding steroid dienone is 3. The van der Waals surface area contributed by atoms with Gasteiger partial charge < -0.3 is 4.74 Å². The van der Waals surface area contributed by atoms with Crippen molar-refractivity contribution < 1.29 is 14.3 Å². The van der Waals surface area contributed by atoms with E-state index in [9.17, 15) is 9.59 Å². The maximum atomic E-state index is 11.6. The third-order valence-electron chi connectivity index (χ3n) is 2.65. The molecule has 1 aliphatic carbocycles. The van der Waals surface area contributed by atoms with E-state index in [2.05, 4.69) is 6.92 Å². The van der Waals surface area contributed by atoms with Crippen molar-refractivity contribution in [2.24, 2.45) is 0 Å². The Hall–Kier alpha value is -1.38. The molecule has 0 aromatic carbocycles. The predicted molar refractivity (Wildman–Crippen MR) is 61.9 cm³/mol. The van der Waals surface area contributed by atoms with Gasteiger partial charge in [0.2, 0.25) is 5.78 Å². The smallest absolute Gasteiger partial charge is 0.220 e. The Balaban J connectivity index is 2.50. The Morgan fingerprint density at radius 1 is 1.06 bits per heavy atom. The third-order valence-corrected chi connectivity index (χ3v) is 2.65. The molecule has 88 valence electrons. The van der Waals surface area contributed by atoms with Crippen LogP contribution in [0, 0.1) is 0 Å². The largest absolute Gasteiger partial charge is 0.493 e. The maximum Gasteiger partial charge on any atom is 0.220 e. The van der Waals surface area contributed by atoms with Crippen molar-refractivity contribution in [3.8, 4) is 0 Å². The number of ether oxygens (including phenoxy) is 1. The summed E-state index contributed by atoms with van der Waals surface area (Å²) in [5.41, 5.74) is 0.613. The summed E-state index contributed by atoms with van der Waals surface area (Å²) in [4.78, 5) is 23.0. The standard InChI is InChI=1S/C13H18O3/c1-3-4-5-6-7-10-8-12(15)13(16-2)9-11(10)14/h8-9H,3-7H2,1-2H3. The molecule has 0 bridgehead atoms. The first kappa shape index (κ1) is 12.7. The number of carbonyl (C=O) groups excluding carboxylic acids is 2. The average molecular weight is 222 g/mol. The molecule has 0 radical (unpaired) electrons. The lowest BCUT2D eigenvalue weighted by Gasteiger charge is -2.10. The molecule has 0 amide bonds. The van der Waals surface area contributed by atoms with Gasteiger partial charge in [0, 0.05) is 11.6 Å². The first-order valence-corrected chi connectivity index (χ1v) is 5.74. The SMILES string of the molecule is CCCCCCC1=CC(=O)C(OC)=CC1=O. The van der Waals surface area contributed by atoms with E-state index < -0.39 is 0 Å². The first-order valence-electron chi connectivity index (χ1n) is 5.74. The number of ketones is 2. The molecular weight excluding hydrogens is 204 g/mol. The Bertz CT molecular complexity index is 337. The molecule has 0 aromatic rings. The van der Waals surface area contributed by atoms with Crippen LogP contribution in [-0.4, -0.2) is 18.7 Å². The lowest BCUT2D eigenvalue weighted by molar-refractivity contribution is -0.117. The summed E-state index contributed by atoms with van der Waals surface area (Å²) in [6.07, 6.45) is 7.81. The number of unbranched alkanes of at least 4 members (excludes halogenated alkanes) is 3. The summed E-state index contributed by atoms with van der Waals surface area (Å²) < 4.78 is 4.81. The Morgan fingerprint density at radius 3 is 2.44 bits per heavy atom. The van der Waals surface area contributed by atoms with Gasteiger partial charge in [0.25, 0.3) is 0 Å². The molecule has 0 saturated heterocycles. The minimum atomic E-state index is -0.201. The summed E-state index contributed by atoms with van der Waals surface area (Å²) in [5, 5.41) is 0. The van der Waals surface area contributed by atoms with Gasteiger partial charge in [-0.3, -0.25) is 9.59 Å². The lowest BCUT2D eigenvalue weighted by atomic mass is 9.97. The van der Waals surface area contributed by atoms with Crippen molar-refractivity contribution >= 4 is 11.6 Å². The molecule has 0 atom stereocenters. The summed E-state index contributed by atoms with van der Waals surface area (Å²) in [5.74, 6) is -0.150. The fourth-order valence-electron chi connectivity index (χ4n) is 1.68. The van der Waals surface area contributed by atoms with Crippen LogP contribution in [0.15, 0.2) is 23.5 Å². The molecule has 1 aliphatic rings. The molecule has 0 saturated carbocycles. The molecule has 0 aliphatic heterocycles. The zero-order valence-corrected chi connectivity index (χ0v) is 9.91. The van der Waals surface area contributed by atoms with Crippen LogP contribution < -0.4 is 0 Å². The minimum absolute atomic E-state index is 0.0899. The highest BCUT2D eigenvalue weighted by Crippen LogP contribution is 2.18. The van der Waals surface area contributed by atoms with E-state index >= 15 is 0 Å². The number of carbonyl (C=O) groups is 2. The second-order valence-corrected chi connectivity index (χ2v) is 3.92. The molecule has 16 heavy (non-hydrogen) atoms. The number of rotatable bonds is 6. The van der Waals surface area contributed by atoms with E-state index in [1.165, 1.54) is 32.1 Å². The molecule has 0 fully saturated rings. The van der Waals surface area contributed by atoms with E-state index in [1.807, 2.05) is 0 Å². The fraction of sp³-hybridized carbons (Fsp3) is 0.538. The van der Waals surface area contributed by atoms with Crippen LogP contribution in [0.5, 0.6) is 0 Å². The second-order valence-electron chi connectivity index (χ2n) is 3.92. The van der Waals surface area contributed by atoms with Gasteiger partial charge in [-0.1, -0.05) is 26.2 Å². The molecule has 0 unspecified atom stereocenters. The molecule has 0 aromatic heterocycles. The van der Waals surface area contributed by atoms with Crippen LogP contribution in [0.3, 0.4) is 0 Å². The van der Waals surface area contributed by atoms with Gasteiger partial charge in [0.05, 0.1) is 7.11 Å². The van der Waals surface area contributed by atoms with Crippen molar-refractivity contribution in [3.63, 3.8) is 0 Å². The zero-order chi connectivity index (χ0) is 12.0. The fourth-order valence-corrected chi connectivity index (χ4v) is 1.68. The molecule has 0 spiro atoms. The van der Waals surface area contributed by atoms with Gasteiger partial charge >= 0.3 is 0 Å². The van der Waals surface area contributed by atoms with Gasteiger partial charge in [0.15, 0.2) is 11.5 Å². The second kappa shape index (κ2) is 6.26. The van der Waals surface area contributed by atoms with Crippen LogP contribution in [0.1, 0.15) is 39.0 Å². The van der Waals surface area contributed by atoms with Crippen LogP contribution >= 0.6 is 0 Å². The molecular formula is C13H18O3. The van der Waals surface area contributed by atoms with Crippen molar-refractivity contribution in [1.29, 1.82) is 0 Å². The number of hydrogen-bond acceptors (Lipinski definition) is 3. The topological polar surface area (TPSA) is 43.4 Å². The molecule has 0 heterocycles.